The molecule has 0 saturated carbocycles. The lowest BCUT2D eigenvalue weighted by Crippen LogP contribution is -2.14. The van der Waals surface area contributed by atoms with Crippen LogP contribution >= 0.6 is 0 Å². The maximum atomic E-state index is 10.9. The van der Waals surface area contributed by atoms with Crippen LogP contribution in [0.1, 0.15) is 20.3 Å². The molecule has 1 aliphatic rings. The van der Waals surface area contributed by atoms with Gasteiger partial charge in [0.25, 0.3) is 0 Å². The molecule has 0 aromatic carbocycles. The van der Waals surface area contributed by atoms with E-state index in [0.717, 1.165) is 0 Å². The molecule has 0 bridgehead atoms. The maximum absolute atomic E-state index is 10.9. The molecule has 0 atom stereocenters. The number of rotatable bonds is 2. The molecule has 4 nitrogen and oxygen atoms in total. The van der Waals surface area contributed by atoms with Crippen LogP contribution in [0.25, 0.3) is 0 Å². The van der Waals surface area contributed by atoms with Crippen molar-refractivity contribution in [2.24, 2.45) is 0 Å². The van der Waals surface area contributed by atoms with Gasteiger partial charge in [0, 0.05) is 30.0 Å². The first-order chi connectivity index (χ1) is 5.61. The summed E-state index contributed by atoms with van der Waals surface area (Å²) in [5.74, 6) is 0.0173. The molecule has 0 aromatic heterocycles. The Hall–Kier alpha value is -1.42. The quantitative estimate of drug-likeness (QED) is 0.659. The lowest BCUT2D eigenvalue weighted by atomic mass is 10.00. The summed E-state index contributed by atoms with van der Waals surface area (Å²) in [5, 5.41) is 2.78. The van der Waals surface area contributed by atoms with E-state index in [4.69, 9.17) is 0 Å². The predicted molar refractivity (Wildman–Crippen MR) is 48.9 cm³/mol. The van der Waals surface area contributed by atoms with Gasteiger partial charge in [-0.3, -0.25) is 9.59 Å². The highest BCUT2D eigenvalue weighted by Crippen LogP contribution is 2.14. The Balaban J connectivity index is 0.00000144. The molecule has 0 aromatic rings. The molecule has 4 heteroatoms. The molecular formula is C9H13NO3. The molecule has 1 aliphatic heterocycles. The second kappa shape index (κ2) is 4.57. The lowest BCUT2D eigenvalue weighted by molar-refractivity contribution is -0.113. The second-order valence-electron chi connectivity index (χ2n) is 2.79. The van der Waals surface area contributed by atoms with Gasteiger partial charge in [-0.25, -0.2) is 0 Å². The van der Waals surface area contributed by atoms with Crippen molar-refractivity contribution in [2.45, 2.75) is 20.3 Å². The molecule has 1 heterocycles. The van der Waals surface area contributed by atoms with Gasteiger partial charge in [0.05, 0.1) is 0 Å². The molecule has 0 aliphatic carbocycles. The Morgan fingerprint density at radius 2 is 1.54 bits per heavy atom. The highest BCUT2D eigenvalue weighted by molar-refractivity contribution is 5.99. The summed E-state index contributed by atoms with van der Waals surface area (Å²) in [7, 11) is 0. The van der Waals surface area contributed by atoms with Crippen molar-refractivity contribution >= 4 is 11.6 Å². The topological polar surface area (TPSA) is 77.7 Å². The molecule has 0 unspecified atom stereocenters. The number of carbonyl (C=O) groups is 2. The van der Waals surface area contributed by atoms with Crippen molar-refractivity contribution in [3.63, 3.8) is 0 Å². The largest absolute Gasteiger partial charge is 0.412 e. The van der Waals surface area contributed by atoms with Crippen LogP contribution in [0.15, 0.2) is 23.5 Å². The fourth-order valence-corrected chi connectivity index (χ4v) is 1.00. The number of dihydropyridines is 1. The van der Waals surface area contributed by atoms with Gasteiger partial charge >= 0.3 is 0 Å². The summed E-state index contributed by atoms with van der Waals surface area (Å²) in [6, 6.07) is 0. The number of hydrogen-bond donors (Lipinski definition) is 1. The Morgan fingerprint density at radius 1 is 1.15 bits per heavy atom. The van der Waals surface area contributed by atoms with Gasteiger partial charge in [-0.15, -0.1) is 0 Å². The van der Waals surface area contributed by atoms with Crippen LogP contribution in [0.2, 0.25) is 0 Å². The third kappa shape index (κ3) is 2.83. The van der Waals surface area contributed by atoms with Crippen molar-refractivity contribution in [3.8, 4) is 0 Å². The Bertz CT molecular complexity index is 261. The molecule has 0 fully saturated rings. The van der Waals surface area contributed by atoms with Gasteiger partial charge in [-0.05, 0) is 13.8 Å². The van der Waals surface area contributed by atoms with Crippen LogP contribution in [0, 0.1) is 0 Å². The number of ketones is 2. The number of carbonyl (C=O) groups excluding carboxylic acids is 2. The third-order valence-electron chi connectivity index (χ3n) is 1.80. The number of nitrogens with one attached hydrogen (secondary N) is 1. The monoisotopic (exact) mass is 183 g/mol. The lowest BCUT2D eigenvalue weighted by Gasteiger charge is -2.11. The summed E-state index contributed by atoms with van der Waals surface area (Å²) in [5.41, 5.74) is 1.31. The number of Topliss-reactive ketones (excluding diaryl/α,β-unsaturated/α-hetero) is 2. The summed E-state index contributed by atoms with van der Waals surface area (Å²) in [6.45, 7) is 2.99. The van der Waals surface area contributed by atoms with Crippen LogP contribution in [0.5, 0.6) is 0 Å². The predicted octanol–water partition coefficient (Wildman–Crippen LogP) is 0.101. The van der Waals surface area contributed by atoms with Gasteiger partial charge in [-0.1, -0.05) is 0 Å². The molecule has 0 spiro atoms. The molecule has 72 valence electrons. The standard InChI is InChI=1S/C9H11NO2.H2O/c1-6(11)8-3-9(7(2)12)5-10-4-8;/h4-5,10H,3H2,1-2H3;1H2. The minimum atomic E-state index is 0. The van der Waals surface area contributed by atoms with Crippen LogP contribution < -0.4 is 5.32 Å². The highest BCUT2D eigenvalue weighted by atomic mass is 16.1. The van der Waals surface area contributed by atoms with Crippen LogP contribution in [-0.2, 0) is 9.59 Å². The molecular weight excluding hydrogens is 170 g/mol. The second-order valence-corrected chi connectivity index (χ2v) is 2.79. The van der Waals surface area contributed by atoms with Crippen molar-refractivity contribution < 1.29 is 15.1 Å². The van der Waals surface area contributed by atoms with Crippen LogP contribution in [0.4, 0.5) is 0 Å². The van der Waals surface area contributed by atoms with Gasteiger partial charge in [0.2, 0.25) is 0 Å². The van der Waals surface area contributed by atoms with E-state index < -0.39 is 0 Å². The van der Waals surface area contributed by atoms with E-state index in [9.17, 15) is 9.59 Å². The average Bonchev–Trinajstić information content (AvgIpc) is 2.04. The first kappa shape index (κ1) is 11.6. The van der Waals surface area contributed by atoms with E-state index >= 15 is 0 Å². The van der Waals surface area contributed by atoms with E-state index in [2.05, 4.69) is 5.32 Å². The zero-order valence-corrected chi connectivity index (χ0v) is 7.68. The van der Waals surface area contributed by atoms with Crippen molar-refractivity contribution in [1.82, 2.24) is 5.32 Å². The number of allylic oxidation sites excluding steroid dienone is 2. The van der Waals surface area contributed by atoms with Crippen molar-refractivity contribution in [3.05, 3.63) is 23.5 Å². The van der Waals surface area contributed by atoms with Crippen molar-refractivity contribution in [2.75, 3.05) is 0 Å². The summed E-state index contributed by atoms with van der Waals surface area (Å²) in [6.07, 6.45) is 3.72. The zero-order valence-electron chi connectivity index (χ0n) is 7.68. The van der Waals surface area contributed by atoms with Gasteiger partial charge in [0.1, 0.15) is 0 Å². The Kier molecular flexibility index (Phi) is 4.07. The molecule has 0 amide bonds. The summed E-state index contributed by atoms with van der Waals surface area (Å²) in [4.78, 5) is 21.8. The van der Waals surface area contributed by atoms with E-state index in [1.165, 1.54) is 13.8 Å². The molecule has 13 heavy (non-hydrogen) atoms. The molecule has 1 rings (SSSR count). The molecule has 3 N–H and O–H groups in total. The van der Waals surface area contributed by atoms with E-state index in [0.29, 0.717) is 17.6 Å². The number of hydrogen-bond acceptors (Lipinski definition) is 3. The van der Waals surface area contributed by atoms with Crippen LogP contribution in [-0.4, -0.2) is 17.0 Å². The Labute approximate surface area is 76.6 Å². The maximum Gasteiger partial charge on any atom is 0.157 e. The fourth-order valence-electron chi connectivity index (χ4n) is 1.00. The van der Waals surface area contributed by atoms with Crippen LogP contribution in [0.3, 0.4) is 0 Å². The normalized spacial score (nSPS) is 14.6. The molecule has 0 saturated heterocycles. The van der Waals surface area contributed by atoms with Crippen molar-refractivity contribution in [1.29, 1.82) is 0 Å². The first-order valence-corrected chi connectivity index (χ1v) is 3.77. The summed E-state index contributed by atoms with van der Waals surface area (Å²) < 4.78 is 0. The third-order valence-corrected chi connectivity index (χ3v) is 1.80. The first-order valence-electron chi connectivity index (χ1n) is 3.77. The SMILES string of the molecule is CC(=O)C1=CNC=C(C(C)=O)C1.O. The summed E-state index contributed by atoms with van der Waals surface area (Å²) >= 11 is 0. The van der Waals surface area contributed by atoms with Gasteiger partial charge in [0.15, 0.2) is 11.6 Å². The Morgan fingerprint density at radius 3 is 1.85 bits per heavy atom. The fraction of sp³-hybridized carbons (Fsp3) is 0.333. The highest BCUT2D eigenvalue weighted by Gasteiger charge is 2.13. The average molecular weight is 183 g/mol. The van der Waals surface area contributed by atoms with E-state index in [1.807, 2.05) is 0 Å². The van der Waals surface area contributed by atoms with E-state index in [1.54, 1.807) is 12.4 Å². The van der Waals surface area contributed by atoms with E-state index in [-0.39, 0.29) is 17.0 Å². The van der Waals surface area contributed by atoms with Gasteiger partial charge in [-0.2, -0.15) is 0 Å². The molecule has 0 radical (unpaired) electrons. The van der Waals surface area contributed by atoms with Gasteiger partial charge < -0.3 is 10.8 Å². The minimum absolute atomic E-state index is 0. The minimum Gasteiger partial charge on any atom is -0.412 e. The zero-order chi connectivity index (χ0) is 9.14. The smallest absolute Gasteiger partial charge is 0.157 e.